The predicted octanol–water partition coefficient (Wildman–Crippen LogP) is 2.60. The van der Waals surface area contributed by atoms with E-state index in [1.54, 1.807) is 11.3 Å². The van der Waals surface area contributed by atoms with Crippen LogP contribution >= 0.6 is 11.3 Å². The molecule has 0 aromatic carbocycles. The summed E-state index contributed by atoms with van der Waals surface area (Å²) in [5.41, 5.74) is 0.984. The van der Waals surface area contributed by atoms with Crippen molar-refractivity contribution in [3.8, 4) is 0 Å². The van der Waals surface area contributed by atoms with Crippen molar-refractivity contribution in [2.24, 2.45) is 0 Å². The molecule has 1 fully saturated rings. The van der Waals surface area contributed by atoms with Crippen LogP contribution in [0.5, 0.6) is 0 Å². The van der Waals surface area contributed by atoms with Crippen molar-refractivity contribution in [3.05, 3.63) is 21.9 Å². The van der Waals surface area contributed by atoms with Gasteiger partial charge in [-0.2, -0.15) is 0 Å². The second kappa shape index (κ2) is 2.60. The lowest BCUT2D eigenvalue weighted by atomic mass is 9.89. The van der Waals surface area contributed by atoms with Crippen LogP contribution in [0.25, 0.3) is 0 Å². The van der Waals surface area contributed by atoms with E-state index < -0.39 is 0 Å². The Hall–Kier alpha value is -0.830. The number of rotatable bonds is 0. The molecule has 0 N–H and O–H groups in total. The van der Waals surface area contributed by atoms with E-state index in [1.165, 1.54) is 11.3 Å². The molecule has 3 heteroatoms. The minimum absolute atomic E-state index is 0.0266. The average Bonchev–Trinajstić information content (AvgIpc) is 2.72. The molecule has 74 valence electrons. The monoisotopic (exact) mass is 207 g/mol. The molecule has 1 aromatic heterocycles. The lowest BCUT2D eigenvalue weighted by molar-refractivity contribution is 0.0470. The molecule has 1 amide bonds. The average molecular weight is 207 g/mol. The van der Waals surface area contributed by atoms with Crippen LogP contribution < -0.4 is 0 Å². The SMILES string of the molecule is CC12CCCCN1C(=O)c1ccsc12. The number of fused-ring (bicyclic) bond motifs is 3. The van der Waals surface area contributed by atoms with Gasteiger partial charge in [0, 0.05) is 11.4 Å². The topological polar surface area (TPSA) is 20.3 Å². The molecule has 0 bridgehead atoms. The molecule has 0 aliphatic carbocycles. The molecular formula is C11H13NOS. The van der Waals surface area contributed by atoms with Gasteiger partial charge < -0.3 is 4.90 Å². The maximum absolute atomic E-state index is 12.0. The van der Waals surface area contributed by atoms with Crippen LogP contribution in [-0.2, 0) is 5.54 Å². The first kappa shape index (κ1) is 8.48. The Morgan fingerprint density at radius 1 is 1.50 bits per heavy atom. The molecule has 2 aliphatic rings. The second-order valence-corrected chi connectivity index (χ2v) is 5.27. The molecule has 1 saturated heterocycles. The van der Waals surface area contributed by atoms with Crippen molar-refractivity contribution in [2.75, 3.05) is 6.54 Å². The van der Waals surface area contributed by atoms with Gasteiger partial charge in [0.2, 0.25) is 0 Å². The van der Waals surface area contributed by atoms with Gasteiger partial charge in [0.1, 0.15) is 0 Å². The van der Waals surface area contributed by atoms with Crippen LogP contribution in [0.1, 0.15) is 41.4 Å². The van der Waals surface area contributed by atoms with Gasteiger partial charge in [-0.3, -0.25) is 4.79 Å². The van der Waals surface area contributed by atoms with E-state index in [9.17, 15) is 4.79 Å². The largest absolute Gasteiger partial charge is 0.328 e. The standard InChI is InChI=1S/C11H13NOS/c1-11-5-2-3-6-12(11)10(13)8-4-7-14-9(8)11/h4,7H,2-3,5-6H2,1H3. The third-order valence-electron chi connectivity index (χ3n) is 3.52. The number of hydrogen-bond acceptors (Lipinski definition) is 2. The van der Waals surface area contributed by atoms with Crippen LogP contribution in [0.2, 0.25) is 0 Å². The Kier molecular flexibility index (Phi) is 1.57. The van der Waals surface area contributed by atoms with E-state index in [0.29, 0.717) is 0 Å². The van der Waals surface area contributed by atoms with Gasteiger partial charge in [-0.05, 0) is 37.6 Å². The predicted molar refractivity (Wildman–Crippen MR) is 56.6 cm³/mol. The Morgan fingerprint density at radius 2 is 2.36 bits per heavy atom. The van der Waals surface area contributed by atoms with Crippen LogP contribution in [0.3, 0.4) is 0 Å². The molecule has 1 atom stereocenters. The summed E-state index contributed by atoms with van der Waals surface area (Å²) in [7, 11) is 0. The van der Waals surface area contributed by atoms with Crippen molar-refractivity contribution in [3.63, 3.8) is 0 Å². The number of carbonyl (C=O) groups is 1. The summed E-state index contributed by atoms with van der Waals surface area (Å²) in [6.45, 7) is 3.16. The molecule has 1 aromatic rings. The minimum Gasteiger partial charge on any atom is -0.328 e. The summed E-state index contributed by atoms with van der Waals surface area (Å²) in [5.74, 6) is 0.253. The molecular weight excluding hydrogens is 194 g/mol. The molecule has 0 saturated carbocycles. The molecule has 2 nitrogen and oxygen atoms in total. The highest BCUT2D eigenvalue weighted by Crippen LogP contribution is 2.47. The van der Waals surface area contributed by atoms with Crippen LogP contribution in [-0.4, -0.2) is 17.4 Å². The lowest BCUT2D eigenvalue weighted by Crippen LogP contribution is -2.44. The summed E-state index contributed by atoms with van der Waals surface area (Å²) < 4.78 is 0. The lowest BCUT2D eigenvalue weighted by Gasteiger charge is -2.39. The van der Waals surface area contributed by atoms with Crippen molar-refractivity contribution in [1.82, 2.24) is 4.90 Å². The zero-order chi connectivity index (χ0) is 9.76. The molecule has 1 unspecified atom stereocenters. The normalized spacial score (nSPS) is 30.4. The number of carbonyl (C=O) groups excluding carboxylic acids is 1. The minimum atomic E-state index is 0.0266. The van der Waals surface area contributed by atoms with Gasteiger partial charge in [0.25, 0.3) is 5.91 Å². The van der Waals surface area contributed by atoms with Crippen molar-refractivity contribution >= 4 is 17.2 Å². The highest BCUT2D eigenvalue weighted by molar-refractivity contribution is 7.10. The molecule has 3 rings (SSSR count). The fourth-order valence-corrected chi connectivity index (χ4v) is 3.81. The molecule has 3 heterocycles. The van der Waals surface area contributed by atoms with E-state index >= 15 is 0 Å². The number of hydrogen-bond donors (Lipinski definition) is 0. The number of piperidine rings is 1. The van der Waals surface area contributed by atoms with Gasteiger partial charge in [0.05, 0.1) is 11.1 Å². The smallest absolute Gasteiger partial charge is 0.255 e. The zero-order valence-corrected chi connectivity index (χ0v) is 9.06. The highest BCUT2D eigenvalue weighted by Gasteiger charge is 2.48. The third-order valence-corrected chi connectivity index (χ3v) is 4.69. The molecule has 0 radical (unpaired) electrons. The fourth-order valence-electron chi connectivity index (χ4n) is 2.72. The fraction of sp³-hybridized carbons (Fsp3) is 0.545. The van der Waals surface area contributed by atoms with E-state index in [4.69, 9.17) is 0 Å². The summed E-state index contributed by atoms with van der Waals surface area (Å²) in [5, 5.41) is 2.04. The van der Waals surface area contributed by atoms with Gasteiger partial charge in [-0.25, -0.2) is 0 Å². The van der Waals surface area contributed by atoms with Crippen LogP contribution in [0.15, 0.2) is 11.4 Å². The van der Waals surface area contributed by atoms with Crippen molar-refractivity contribution in [2.45, 2.75) is 31.7 Å². The van der Waals surface area contributed by atoms with Gasteiger partial charge in [-0.1, -0.05) is 0 Å². The maximum Gasteiger partial charge on any atom is 0.255 e. The van der Waals surface area contributed by atoms with E-state index in [2.05, 4.69) is 11.8 Å². The first-order valence-electron chi connectivity index (χ1n) is 5.13. The Bertz CT molecular complexity index is 398. The van der Waals surface area contributed by atoms with Gasteiger partial charge in [-0.15, -0.1) is 11.3 Å². The van der Waals surface area contributed by atoms with E-state index in [-0.39, 0.29) is 11.4 Å². The quantitative estimate of drug-likeness (QED) is 0.640. The molecule has 14 heavy (non-hydrogen) atoms. The molecule has 0 spiro atoms. The van der Waals surface area contributed by atoms with Crippen molar-refractivity contribution in [1.29, 1.82) is 0 Å². The highest BCUT2D eigenvalue weighted by atomic mass is 32.1. The Morgan fingerprint density at radius 3 is 3.21 bits per heavy atom. The Labute approximate surface area is 87.5 Å². The zero-order valence-electron chi connectivity index (χ0n) is 8.25. The van der Waals surface area contributed by atoms with E-state index in [0.717, 1.165) is 24.9 Å². The molecule has 2 aliphatic heterocycles. The Balaban J connectivity index is 2.17. The summed E-state index contributed by atoms with van der Waals surface area (Å²) in [4.78, 5) is 15.4. The first-order chi connectivity index (χ1) is 6.73. The first-order valence-corrected chi connectivity index (χ1v) is 6.01. The number of nitrogens with zero attached hydrogens (tertiary/aromatic N) is 1. The van der Waals surface area contributed by atoms with Crippen LogP contribution in [0, 0.1) is 0 Å². The summed E-state index contributed by atoms with van der Waals surface area (Å²) in [6.07, 6.45) is 3.54. The van der Waals surface area contributed by atoms with Gasteiger partial charge >= 0.3 is 0 Å². The van der Waals surface area contributed by atoms with Crippen molar-refractivity contribution < 1.29 is 4.79 Å². The maximum atomic E-state index is 12.0. The number of thiophene rings is 1. The number of amides is 1. The third kappa shape index (κ3) is 0.836. The van der Waals surface area contributed by atoms with Crippen LogP contribution in [0.4, 0.5) is 0 Å². The van der Waals surface area contributed by atoms with E-state index in [1.807, 2.05) is 11.4 Å². The summed E-state index contributed by atoms with van der Waals surface area (Å²) >= 11 is 1.74. The van der Waals surface area contributed by atoms with Gasteiger partial charge in [0.15, 0.2) is 0 Å². The summed E-state index contributed by atoms with van der Waals surface area (Å²) in [6, 6.07) is 1.98. The second-order valence-electron chi connectivity index (χ2n) is 4.35.